The van der Waals surface area contributed by atoms with E-state index in [0.717, 1.165) is 0 Å². The number of carboxylic acid groups (broad SMARTS) is 1. The number of primary amides is 1. The fourth-order valence-electron chi connectivity index (χ4n) is 0.391. The highest BCUT2D eigenvalue weighted by Gasteiger charge is 2.23. The number of amides is 1. The zero-order valence-corrected chi connectivity index (χ0v) is 5.57. The van der Waals surface area contributed by atoms with Gasteiger partial charge in [-0.15, -0.1) is 0 Å². The summed E-state index contributed by atoms with van der Waals surface area (Å²) in [6, 6.07) is -1.20. The van der Waals surface area contributed by atoms with Crippen molar-refractivity contribution >= 4 is 11.9 Å². The van der Waals surface area contributed by atoms with E-state index in [4.69, 9.17) is 16.6 Å². The van der Waals surface area contributed by atoms with Crippen molar-refractivity contribution in [3.8, 4) is 0 Å². The van der Waals surface area contributed by atoms with E-state index < -0.39 is 23.8 Å². The molecule has 5 N–H and O–H groups in total. The number of carbonyl (C=O) groups is 2. The molecule has 0 aromatic carbocycles. The van der Waals surface area contributed by atoms with E-state index >= 15 is 0 Å². The average molecular weight is 146 g/mol. The van der Waals surface area contributed by atoms with Crippen LogP contribution >= 0.6 is 0 Å². The molecule has 0 saturated heterocycles. The number of hydrogen-bond acceptors (Lipinski definition) is 3. The summed E-state index contributed by atoms with van der Waals surface area (Å²) in [6.45, 7) is 1.38. The van der Waals surface area contributed by atoms with E-state index in [1.54, 1.807) is 0 Å². The molecular formula is C5H10N2O3. The quantitative estimate of drug-likeness (QED) is 0.451. The summed E-state index contributed by atoms with van der Waals surface area (Å²) in [5.41, 5.74) is 9.85. The molecule has 1 amide bonds. The molecule has 0 bridgehead atoms. The Kier molecular flexibility index (Phi) is 2.82. The average Bonchev–Trinajstić information content (AvgIpc) is 1.84. The SMILES string of the molecule is C[C@@H](C(N)=O)[C@H](N)C(=O)O. The second-order valence-electron chi connectivity index (χ2n) is 2.06. The second-order valence-corrected chi connectivity index (χ2v) is 2.06. The van der Waals surface area contributed by atoms with Crippen molar-refractivity contribution in [2.75, 3.05) is 0 Å². The van der Waals surface area contributed by atoms with Gasteiger partial charge in [0.1, 0.15) is 6.04 Å². The third-order valence-corrected chi connectivity index (χ3v) is 1.27. The molecule has 0 aliphatic heterocycles. The lowest BCUT2D eigenvalue weighted by Gasteiger charge is -2.10. The maximum atomic E-state index is 10.3. The number of hydrogen-bond donors (Lipinski definition) is 3. The van der Waals surface area contributed by atoms with Crippen LogP contribution < -0.4 is 11.5 Å². The van der Waals surface area contributed by atoms with Crippen molar-refractivity contribution in [2.24, 2.45) is 17.4 Å². The lowest BCUT2D eigenvalue weighted by atomic mass is 10.0. The molecule has 0 aromatic rings. The Morgan fingerprint density at radius 1 is 1.50 bits per heavy atom. The van der Waals surface area contributed by atoms with Crippen LogP contribution in [-0.4, -0.2) is 23.0 Å². The van der Waals surface area contributed by atoms with Gasteiger partial charge in [0.25, 0.3) is 0 Å². The number of aliphatic carboxylic acids is 1. The predicted octanol–water partition coefficient (Wildman–Crippen LogP) is -1.48. The molecule has 0 fully saturated rings. The van der Waals surface area contributed by atoms with Gasteiger partial charge in [0.15, 0.2) is 0 Å². The van der Waals surface area contributed by atoms with Crippen molar-refractivity contribution in [3.05, 3.63) is 0 Å². The molecule has 0 spiro atoms. The Hall–Kier alpha value is -1.10. The third kappa shape index (κ3) is 2.02. The molecule has 0 aliphatic carbocycles. The number of nitrogens with two attached hydrogens (primary N) is 2. The summed E-state index contributed by atoms with van der Waals surface area (Å²) in [6.07, 6.45) is 0. The maximum absolute atomic E-state index is 10.3. The molecule has 0 saturated carbocycles. The van der Waals surface area contributed by atoms with Crippen LogP contribution in [0.15, 0.2) is 0 Å². The molecule has 2 atom stereocenters. The molecule has 5 nitrogen and oxygen atoms in total. The van der Waals surface area contributed by atoms with Gasteiger partial charge in [0.05, 0.1) is 5.92 Å². The van der Waals surface area contributed by atoms with E-state index in [1.165, 1.54) is 6.92 Å². The highest BCUT2D eigenvalue weighted by atomic mass is 16.4. The van der Waals surface area contributed by atoms with Gasteiger partial charge in [0.2, 0.25) is 5.91 Å². The summed E-state index contributed by atoms with van der Waals surface area (Å²) >= 11 is 0. The number of carbonyl (C=O) groups excluding carboxylic acids is 1. The predicted molar refractivity (Wildman–Crippen MR) is 34.0 cm³/mol. The van der Waals surface area contributed by atoms with Crippen LogP contribution in [0, 0.1) is 5.92 Å². The smallest absolute Gasteiger partial charge is 0.321 e. The van der Waals surface area contributed by atoms with E-state index in [1.807, 2.05) is 0 Å². The molecule has 0 aromatic heterocycles. The minimum absolute atomic E-state index is 0.699. The fourth-order valence-corrected chi connectivity index (χ4v) is 0.391. The number of rotatable bonds is 3. The molecular weight excluding hydrogens is 136 g/mol. The third-order valence-electron chi connectivity index (χ3n) is 1.27. The summed E-state index contributed by atoms with van der Waals surface area (Å²) in [5.74, 6) is -2.74. The summed E-state index contributed by atoms with van der Waals surface area (Å²) < 4.78 is 0. The van der Waals surface area contributed by atoms with Gasteiger partial charge in [-0.05, 0) is 0 Å². The molecule has 58 valence electrons. The van der Waals surface area contributed by atoms with Gasteiger partial charge in [-0.1, -0.05) is 6.92 Å². The maximum Gasteiger partial charge on any atom is 0.321 e. The van der Waals surface area contributed by atoms with Gasteiger partial charge in [-0.25, -0.2) is 0 Å². The van der Waals surface area contributed by atoms with Crippen molar-refractivity contribution in [1.82, 2.24) is 0 Å². The minimum Gasteiger partial charge on any atom is -0.480 e. The summed E-state index contributed by atoms with van der Waals surface area (Å²) in [4.78, 5) is 20.4. The monoisotopic (exact) mass is 146 g/mol. The Bertz CT molecular complexity index is 139. The highest BCUT2D eigenvalue weighted by molar-refractivity contribution is 5.85. The second kappa shape index (κ2) is 3.17. The summed E-state index contributed by atoms with van der Waals surface area (Å²) in [7, 11) is 0. The Morgan fingerprint density at radius 2 is 1.90 bits per heavy atom. The molecule has 0 aliphatic rings. The van der Waals surface area contributed by atoms with Gasteiger partial charge >= 0.3 is 5.97 Å². The van der Waals surface area contributed by atoms with Crippen molar-refractivity contribution in [1.29, 1.82) is 0 Å². The topological polar surface area (TPSA) is 106 Å². The molecule has 10 heavy (non-hydrogen) atoms. The fraction of sp³-hybridized carbons (Fsp3) is 0.600. The van der Waals surface area contributed by atoms with E-state index in [9.17, 15) is 9.59 Å². The van der Waals surface area contributed by atoms with Crippen molar-refractivity contribution < 1.29 is 14.7 Å². The molecule has 0 rings (SSSR count). The molecule has 0 radical (unpaired) electrons. The zero-order valence-electron chi connectivity index (χ0n) is 5.57. The van der Waals surface area contributed by atoms with Gasteiger partial charge in [-0.3, -0.25) is 9.59 Å². The molecule has 5 heteroatoms. The van der Waals surface area contributed by atoms with Crippen molar-refractivity contribution in [3.63, 3.8) is 0 Å². The first-order chi connectivity index (χ1) is 4.46. The largest absolute Gasteiger partial charge is 0.480 e. The lowest BCUT2D eigenvalue weighted by molar-refractivity contribution is -0.142. The zero-order chi connectivity index (χ0) is 8.31. The Balaban J connectivity index is 4.07. The van der Waals surface area contributed by atoms with E-state index in [2.05, 4.69) is 0 Å². The minimum atomic E-state index is -1.22. The van der Waals surface area contributed by atoms with Crippen LogP contribution in [0.25, 0.3) is 0 Å². The van der Waals surface area contributed by atoms with Crippen molar-refractivity contribution in [2.45, 2.75) is 13.0 Å². The van der Waals surface area contributed by atoms with Gasteiger partial charge in [-0.2, -0.15) is 0 Å². The summed E-state index contributed by atoms with van der Waals surface area (Å²) in [5, 5.41) is 8.27. The first kappa shape index (κ1) is 8.90. The van der Waals surface area contributed by atoms with Gasteiger partial charge in [0, 0.05) is 0 Å². The van der Waals surface area contributed by atoms with Crippen LogP contribution in [0.2, 0.25) is 0 Å². The molecule has 0 heterocycles. The highest BCUT2D eigenvalue weighted by Crippen LogP contribution is 1.98. The lowest BCUT2D eigenvalue weighted by Crippen LogP contribution is -2.42. The van der Waals surface area contributed by atoms with E-state index in [-0.39, 0.29) is 0 Å². The van der Waals surface area contributed by atoms with Gasteiger partial charge < -0.3 is 16.6 Å². The Labute approximate surface area is 58.0 Å². The first-order valence-electron chi connectivity index (χ1n) is 2.74. The van der Waals surface area contributed by atoms with Crippen LogP contribution in [-0.2, 0) is 9.59 Å². The number of carboxylic acids is 1. The first-order valence-corrected chi connectivity index (χ1v) is 2.74. The van der Waals surface area contributed by atoms with Crippen LogP contribution in [0.4, 0.5) is 0 Å². The standard InChI is InChI=1S/C5H10N2O3/c1-2(4(7)8)3(6)5(9)10/h2-3H,6H2,1H3,(H2,7,8)(H,9,10)/t2-,3+/m1/s1. The normalized spacial score (nSPS) is 15.8. The van der Waals surface area contributed by atoms with E-state index in [0.29, 0.717) is 0 Å². The Morgan fingerprint density at radius 3 is 2.00 bits per heavy atom. The van der Waals surface area contributed by atoms with Crippen LogP contribution in [0.3, 0.4) is 0 Å². The van der Waals surface area contributed by atoms with Crippen LogP contribution in [0.5, 0.6) is 0 Å². The van der Waals surface area contributed by atoms with Crippen LogP contribution in [0.1, 0.15) is 6.92 Å². The molecule has 0 unspecified atom stereocenters.